The number of rotatable bonds is 7. The van der Waals surface area contributed by atoms with Gasteiger partial charge in [0.25, 0.3) is 10.0 Å². The molecular weight excluding hydrogens is 454 g/mol. The van der Waals surface area contributed by atoms with E-state index in [2.05, 4.69) is 9.71 Å². The molecule has 1 heterocycles. The summed E-state index contributed by atoms with van der Waals surface area (Å²) in [6.45, 7) is 4.19. The van der Waals surface area contributed by atoms with Crippen molar-refractivity contribution in [2.75, 3.05) is 17.8 Å². The number of anilines is 1. The van der Waals surface area contributed by atoms with Gasteiger partial charge in [0, 0.05) is 18.5 Å². The van der Waals surface area contributed by atoms with Gasteiger partial charge in [-0.2, -0.15) is 4.31 Å². The lowest BCUT2D eigenvalue weighted by Gasteiger charge is -2.18. The summed E-state index contributed by atoms with van der Waals surface area (Å²) in [5, 5.41) is 2.23. The molecule has 4 aromatic rings. The summed E-state index contributed by atoms with van der Waals surface area (Å²) in [6.07, 6.45) is 0. The largest absolute Gasteiger partial charge is 0.263 e. The monoisotopic (exact) mass is 475 g/mol. The number of sulfonamides is 2. The summed E-state index contributed by atoms with van der Waals surface area (Å²) < 4.78 is 55.6. The lowest BCUT2D eigenvalue weighted by Crippen LogP contribution is -2.30. The molecule has 0 aliphatic carbocycles. The van der Waals surface area contributed by atoms with Gasteiger partial charge in [0.1, 0.15) is 0 Å². The van der Waals surface area contributed by atoms with E-state index in [1.165, 1.54) is 39.9 Å². The molecule has 0 aliphatic heterocycles. The molecule has 3 aromatic carbocycles. The predicted octanol–water partition coefficient (Wildman–Crippen LogP) is 4.28. The van der Waals surface area contributed by atoms with E-state index in [0.29, 0.717) is 13.1 Å². The van der Waals surface area contributed by atoms with Crippen molar-refractivity contribution in [3.05, 3.63) is 60.7 Å². The molecule has 0 saturated heterocycles. The minimum absolute atomic E-state index is 0.0323. The standard InChI is InChI=1S/C21H21N3O4S3/c1-3-24(4-2)31(27,28)17-12-10-16(11-13-17)30(25,26)23-21-22-20-18-8-6-5-7-15(18)9-14-19(20)29-21/h5-14H,3-4H2,1-2H3,(H,22,23). The van der Waals surface area contributed by atoms with Crippen LogP contribution in [-0.4, -0.2) is 39.2 Å². The van der Waals surface area contributed by atoms with E-state index in [9.17, 15) is 16.8 Å². The fraction of sp³-hybridized carbons (Fsp3) is 0.190. The summed E-state index contributed by atoms with van der Waals surface area (Å²) in [6, 6.07) is 16.9. The third-order valence-electron chi connectivity index (χ3n) is 4.98. The van der Waals surface area contributed by atoms with Gasteiger partial charge in [-0.05, 0) is 35.7 Å². The van der Waals surface area contributed by atoms with Crippen LogP contribution < -0.4 is 4.72 Å². The Morgan fingerprint density at radius 1 is 0.871 bits per heavy atom. The maximum atomic E-state index is 12.8. The van der Waals surface area contributed by atoms with Crippen molar-refractivity contribution in [2.24, 2.45) is 0 Å². The number of hydrogen-bond acceptors (Lipinski definition) is 6. The van der Waals surface area contributed by atoms with Gasteiger partial charge in [0.15, 0.2) is 5.13 Å². The van der Waals surface area contributed by atoms with Crippen LogP contribution >= 0.6 is 11.3 Å². The number of nitrogens with zero attached hydrogens (tertiary/aromatic N) is 2. The Morgan fingerprint density at radius 3 is 2.19 bits per heavy atom. The molecule has 31 heavy (non-hydrogen) atoms. The van der Waals surface area contributed by atoms with Crippen LogP contribution in [0.2, 0.25) is 0 Å². The zero-order valence-corrected chi connectivity index (χ0v) is 19.4. The van der Waals surface area contributed by atoms with Crippen LogP contribution in [0.15, 0.2) is 70.5 Å². The minimum atomic E-state index is -3.92. The van der Waals surface area contributed by atoms with E-state index < -0.39 is 20.0 Å². The van der Waals surface area contributed by atoms with E-state index in [1.807, 2.05) is 36.4 Å². The van der Waals surface area contributed by atoms with Crippen LogP contribution in [0.1, 0.15) is 13.8 Å². The van der Waals surface area contributed by atoms with Gasteiger partial charge in [0.05, 0.1) is 20.0 Å². The Hall–Kier alpha value is -2.53. The molecule has 4 rings (SSSR count). The molecule has 0 unspecified atom stereocenters. The molecule has 0 amide bonds. The number of nitrogens with one attached hydrogen (secondary N) is 1. The number of thiazole rings is 1. The van der Waals surface area contributed by atoms with Crippen molar-refractivity contribution in [2.45, 2.75) is 23.6 Å². The van der Waals surface area contributed by atoms with Crippen molar-refractivity contribution in [3.8, 4) is 0 Å². The van der Waals surface area contributed by atoms with E-state index in [1.54, 1.807) is 13.8 Å². The topological polar surface area (TPSA) is 96.4 Å². The molecule has 10 heteroatoms. The zero-order valence-electron chi connectivity index (χ0n) is 16.9. The summed E-state index contributed by atoms with van der Waals surface area (Å²) in [5.41, 5.74) is 0.737. The van der Waals surface area contributed by atoms with E-state index in [-0.39, 0.29) is 14.9 Å². The van der Waals surface area contributed by atoms with Crippen molar-refractivity contribution >= 4 is 57.5 Å². The highest BCUT2D eigenvalue weighted by Crippen LogP contribution is 2.32. The average Bonchev–Trinajstić information content (AvgIpc) is 3.17. The molecule has 0 bridgehead atoms. The van der Waals surface area contributed by atoms with Crippen LogP contribution in [0.25, 0.3) is 21.0 Å². The van der Waals surface area contributed by atoms with E-state index >= 15 is 0 Å². The van der Waals surface area contributed by atoms with Crippen LogP contribution in [0.3, 0.4) is 0 Å². The summed E-state index contributed by atoms with van der Waals surface area (Å²) in [5.74, 6) is 0. The van der Waals surface area contributed by atoms with Gasteiger partial charge in [-0.15, -0.1) is 0 Å². The van der Waals surface area contributed by atoms with Gasteiger partial charge < -0.3 is 0 Å². The lowest BCUT2D eigenvalue weighted by atomic mass is 10.1. The first-order valence-corrected chi connectivity index (χ1v) is 13.4. The van der Waals surface area contributed by atoms with Gasteiger partial charge in [-0.1, -0.05) is 55.5 Å². The van der Waals surface area contributed by atoms with Crippen LogP contribution in [0.5, 0.6) is 0 Å². The van der Waals surface area contributed by atoms with Crippen LogP contribution in [0.4, 0.5) is 5.13 Å². The Kier molecular flexibility index (Phi) is 5.73. The van der Waals surface area contributed by atoms with Gasteiger partial charge in [0.2, 0.25) is 10.0 Å². The summed E-state index contributed by atoms with van der Waals surface area (Å²) >= 11 is 1.25. The highest BCUT2D eigenvalue weighted by atomic mass is 32.2. The first kappa shape index (κ1) is 21.7. The summed E-state index contributed by atoms with van der Waals surface area (Å²) in [7, 11) is -7.57. The SMILES string of the molecule is CCN(CC)S(=O)(=O)c1ccc(S(=O)(=O)Nc2nc3c(ccc4ccccc43)s2)cc1. The normalized spacial score (nSPS) is 12.6. The van der Waals surface area contributed by atoms with Crippen molar-refractivity contribution in [1.82, 2.24) is 9.29 Å². The fourth-order valence-corrected chi connectivity index (χ4v) is 6.96. The Labute approximate surface area is 185 Å². The molecule has 0 radical (unpaired) electrons. The van der Waals surface area contributed by atoms with Crippen molar-refractivity contribution < 1.29 is 16.8 Å². The lowest BCUT2D eigenvalue weighted by molar-refractivity contribution is 0.445. The zero-order chi connectivity index (χ0) is 22.2. The molecule has 0 atom stereocenters. The van der Waals surface area contributed by atoms with Gasteiger partial charge >= 0.3 is 0 Å². The quantitative estimate of drug-likeness (QED) is 0.430. The van der Waals surface area contributed by atoms with Crippen molar-refractivity contribution in [1.29, 1.82) is 0 Å². The molecule has 0 spiro atoms. The van der Waals surface area contributed by atoms with Crippen LogP contribution in [0, 0.1) is 0 Å². The molecule has 0 aliphatic rings. The average molecular weight is 476 g/mol. The number of fused-ring (bicyclic) bond motifs is 3. The second kappa shape index (κ2) is 8.19. The molecule has 1 N–H and O–H groups in total. The highest BCUT2D eigenvalue weighted by molar-refractivity contribution is 7.93. The number of hydrogen-bond donors (Lipinski definition) is 1. The number of benzene rings is 3. The molecule has 162 valence electrons. The maximum absolute atomic E-state index is 12.8. The third kappa shape index (κ3) is 4.03. The molecular formula is C21H21N3O4S3. The first-order valence-electron chi connectivity index (χ1n) is 9.67. The predicted molar refractivity (Wildman–Crippen MR) is 124 cm³/mol. The number of aromatic nitrogens is 1. The van der Waals surface area contributed by atoms with Crippen molar-refractivity contribution in [3.63, 3.8) is 0 Å². The Morgan fingerprint density at radius 2 is 1.52 bits per heavy atom. The molecule has 0 fully saturated rings. The fourth-order valence-electron chi connectivity index (χ4n) is 3.38. The second-order valence-corrected chi connectivity index (χ2v) is 11.5. The first-order chi connectivity index (χ1) is 14.8. The Balaban J connectivity index is 1.64. The maximum Gasteiger partial charge on any atom is 0.263 e. The Bertz CT molecular complexity index is 1460. The second-order valence-electron chi connectivity index (χ2n) is 6.82. The molecule has 1 aromatic heterocycles. The minimum Gasteiger partial charge on any atom is -0.255 e. The smallest absolute Gasteiger partial charge is 0.255 e. The highest BCUT2D eigenvalue weighted by Gasteiger charge is 2.23. The van der Waals surface area contributed by atoms with E-state index in [0.717, 1.165) is 21.0 Å². The summed E-state index contributed by atoms with van der Waals surface area (Å²) in [4.78, 5) is 4.50. The third-order valence-corrected chi connectivity index (χ3v) is 9.47. The molecule has 0 saturated carbocycles. The van der Waals surface area contributed by atoms with E-state index in [4.69, 9.17) is 0 Å². The van der Waals surface area contributed by atoms with Gasteiger partial charge in [-0.3, -0.25) is 4.72 Å². The van der Waals surface area contributed by atoms with Gasteiger partial charge in [-0.25, -0.2) is 21.8 Å². The molecule has 7 nitrogen and oxygen atoms in total. The van der Waals surface area contributed by atoms with Crippen LogP contribution in [-0.2, 0) is 20.0 Å².